The van der Waals surface area contributed by atoms with Crippen LogP contribution in [-0.4, -0.2) is 41.9 Å². The first-order chi connectivity index (χ1) is 18.8. The number of methoxy groups -OCH3 is 2. The Labute approximate surface area is 230 Å². The number of carbonyl (C=O) groups excluding carboxylic acids is 2. The number of aliphatic imine (C=N–C) groups is 1. The number of ether oxygens (including phenoxy) is 2. The monoisotopic (exact) mass is 537 g/mol. The van der Waals surface area contributed by atoms with Crippen LogP contribution in [0.2, 0.25) is 0 Å². The van der Waals surface area contributed by atoms with Crippen LogP contribution in [0, 0.1) is 20.8 Å². The zero-order valence-electron chi connectivity index (χ0n) is 22.3. The lowest BCUT2D eigenvalue weighted by Gasteiger charge is -2.13. The van der Waals surface area contributed by atoms with Crippen molar-refractivity contribution >= 4 is 45.4 Å². The molecule has 0 bridgehead atoms. The number of thiazole rings is 1. The molecule has 0 amide bonds. The van der Waals surface area contributed by atoms with Crippen molar-refractivity contribution in [2.75, 3.05) is 14.2 Å². The Kier molecular flexibility index (Phi) is 7.13. The van der Waals surface area contributed by atoms with Gasteiger partial charge in [-0.1, -0.05) is 6.07 Å². The molecular weight excluding hydrogens is 510 g/mol. The first-order valence-electron chi connectivity index (χ1n) is 12.3. The normalized spacial score (nSPS) is 11.3. The van der Waals surface area contributed by atoms with Crippen LogP contribution in [-0.2, 0) is 9.47 Å². The highest BCUT2D eigenvalue weighted by Crippen LogP contribution is 2.32. The molecule has 3 aromatic carbocycles. The van der Waals surface area contributed by atoms with Gasteiger partial charge in [0.1, 0.15) is 5.01 Å². The summed E-state index contributed by atoms with van der Waals surface area (Å²) in [6, 6.07) is 21.2. The Morgan fingerprint density at radius 3 is 2.18 bits per heavy atom. The second kappa shape index (κ2) is 10.7. The van der Waals surface area contributed by atoms with E-state index in [4.69, 9.17) is 14.5 Å². The molecule has 0 aliphatic heterocycles. The lowest BCUT2D eigenvalue weighted by atomic mass is 10.1. The molecule has 0 aliphatic rings. The smallest absolute Gasteiger partial charge is 0.337 e. The third kappa shape index (κ3) is 5.24. The summed E-state index contributed by atoms with van der Waals surface area (Å²) >= 11 is 1.68. The summed E-state index contributed by atoms with van der Waals surface area (Å²) in [7, 11) is 2.61. The molecule has 0 spiro atoms. The third-order valence-electron chi connectivity index (χ3n) is 6.50. The van der Waals surface area contributed by atoms with Crippen LogP contribution < -0.4 is 0 Å². The van der Waals surface area contributed by atoms with Crippen LogP contribution in [0.3, 0.4) is 0 Å². The van der Waals surface area contributed by atoms with Gasteiger partial charge in [0.2, 0.25) is 0 Å². The van der Waals surface area contributed by atoms with Gasteiger partial charge < -0.3 is 14.0 Å². The molecule has 0 unspecified atom stereocenters. The van der Waals surface area contributed by atoms with Crippen LogP contribution >= 0.6 is 11.3 Å². The molecule has 2 aromatic heterocycles. The molecule has 0 atom stereocenters. The number of nitrogens with zero attached hydrogens (tertiary/aromatic N) is 3. The van der Waals surface area contributed by atoms with E-state index in [0.29, 0.717) is 5.69 Å². The predicted octanol–water partition coefficient (Wildman–Crippen LogP) is 7.00. The van der Waals surface area contributed by atoms with Gasteiger partial charge in [0.25, 0.3) is 0 Å². The van der Waals surface area contributed by atoms with Crippen molar-refractivity contribution in [3.8, 4) is 16.3 Å². The van der Waals surface area contributed by atoms with E-state index in [9.17, 15) is 9.59 Å². The Bertz CT molecular complexity index is 1710. The van der Waals surface area contributed by atoms with Crippen molar-refractivity contribution in [3.63, 3.8) is 0 Å². The fraction of sp³-hybridized carbons (Fsp3) is 0.161. The third-order valence-corrected chi connectivity index (χ3v) is 7.57. The minimum atomic E-state index is -0.532. The van der Waals surface area contributed by atoms with Gasteiger partial charge in [-0.05, 0) is 87.0 Å². The number of carbonyl (C=O) groups is 2. The first-order valence-corrected chi connectivity index (χ1v) is 13.1. The van der Waals surface area contributed by atoms with E-state index >= 15 is 0 Å². The van der Waals surface area contributed by atoms with Crippen LogP contribution in [0.25, 0.3) is 26.5 Å². The lowest BCUT2D eigenvalue weighted by molar-refractivity contribution is 0.0599. The van der Waals surface area contributed by atoms with Crippen molar-refractivity contribution < 1.29 is 19.1 Å². The van der Waals surface area contributed by atoms with Gasteiger partial charge in [0.05, 0.1) is 41.3 Å². The number of fused-ring (bicyclic) bond motifs is 1. The van der Waals surface area contributed by atoms with Crippen LogP contribution in [0.4, 0.5) is 5.69 Å². The van der Waals surface area contributed by atoms with Crippen molar-refractivity contribution in [2.45, 2.75) is 20.8 Å². The van der Waals surface area contributed by atoms with Gasteiger partial charge in [-0.15, -0.1) is 11.3 Å². The SMILES string of the molecule is COC(=O)c1cc(C(=O)OC)cc(-n2c(C)cc(C=Nc3ccc(-c4nc5ccc(C)cc5s4)cc3)c2C)c1. The second-order valence-electron chi connectivity index (χ2n) is 9.21. The van der Waals surface area contributed by atoms with Gasteiger partial charge in [-0.2, -0.15) is 0 Å². The fourth-order valence-corrected chi connectivity index (χ4v) is 5.59. The Balaban J connectivity index is 1.43. The van der Waals surface area contributed by atoms with E-state index < -0.39 is 11.9 Å². The highest BCUT2D eigenvalue weighted by molar-refractivity contribution is 7.21. The van der Waals surface area contributed by atoms with E-state index in [2.05, 4.69) is 30.1 Å². The van der Waals surface area contributed by atoms with Crippen LogP contribution in [0.1, 0.15) is 43.2 Å². The molecule has 196 valence electrons. The number of aromatic nitrogens is 2. The van der Waals surface area contributed by atoms with E-state index in [-0.39, 0.29) is 11.1 Å². The molecule has 0 radical (unpaired) electrons. The zero-order valence-corrected chi connectivity index (χ0v) is 23.1. The van der Waals surface area contributed by atoms with Crippen LogP contribution in [0.15, 0.2) is 71.7 Å². The number of hydrogen-bond donors (Lipinski definition) is 0. The summed E-state index contributed by atoms with van der Waals surface area (Å²) in [6.07, 6.45) is 1.82. The van der Waals surface area contributed by atoms with E-state index in [1.54, 1.807) is 23.5 Å². The average molecular weight is 538 g/mol. The molecular formula is C31H27N3O4S. The molecule has 0 saturated carbocycles. The summed E-state index contributed by atoms with van der Waals surface area (Å²) in [5.41, 5.74) is 8.05. The lowest BCUT2D eigenvalue weighted by Crippen LogP contribution is -2.10. The minimum Gasteiger partial charge on any atom is -0.465 e. The van der Waals surface area contributed by atoms with Crippen molar-refractivity contribution in [3.05, 3.63) is 100 Å². The molecule has 8 heteroatoms. The molecule has 39 heavy (non-hydrogen) atoms. The number of aryl methyl sites for hydroxylation is 2. The molecule has 2 heterocycles. The zero-order chi connectivity index (χ0) is 27.7. The number of esters is 2. The summed E-state index contributed by atoms with van der Waals surface area (Å²) in [6.45, 7) is 6.01. The molecule has 5 aromatic rings. The highest BCUT2D eigenvalue weighted by Gasteiger charge is 2.17. The number of hydrogen-bond acceptors (Lipinski definition) is 7. The molecule has 0 aliphatic carbocycles. The predicted molar refractivity (Wildman–Crippen MR) is 155 cm³/mol. The standard InChI is InChI=1S/C31H27N3O4S/c1-18-6-11-27-28(12-18)39-29(33-27)21-7-9-25(10-8-21)32-17-24-13-19(2)34(20(24)3)26-15-22(30(35)37-4)14-23(16-26)31(36)38-5/h6-17H,1-5H3. The number of benzene rings is 3. The largest absolute Gasteiger partial charge is 0.465 e. The van der Waals surface area contributed by atoms with Crippen molar-refractivity contribution in [1.29, 1.82) is 0 Å². The molecule has 0 saturated heterocycles. The maximum absolute atomic E-state index is 12.3. The van der Waals surface area contributed by atoms with E-state index in [0.717, 1.165) is 38.7 Å². The highest BCUT2D eigenvalue weighted by atomic mass is 32.1. The summed E-state index contributed by atoms with van der Waals surface area (Å²) in [5, 5.41) is 0.982. The van der Waals surface area contributed by atoms with Gasteiger partial charge in [-0.3, -0.25) is 4.99 Å². The van der Waals surface area contributed by atoms with Gasteiger partial charge in [0.15, 0.2) is 0 Å². The molecule has 5 rings (SSSR count). The van der Waals surface area contributed by atoms with Gasteiger partial charge in [0, 0.05) is 34.4 Å². The van der Waals surface area contributed by atoms with Gasteiger partial charge in [-0.25, -0.2) is 14.6 Å². The topological polar surface area (TPSA) is 82.8 Å². The Morgan fingerprint density at radius 2 is 1.54 bits per heavy atom. The maximum Gasteiger partial charge on any atom is 0.337 e. The Hall–Kier alpha value is -4.56. The quantitative estimate of drug-likeness (QED) is 0.172. The van der Waals surface area contributed by atoms with Crippen molar-refractivity contribution in [1.82, 2.24) is 9.55 Å². The van der Waals surface area contributed by atoms with E-state index in [1.165, 1.54) is 30.5 Å². The Morgan fingerprint density at radius 1 is 0.872 bits per heavy atom. The minimum absolute atomic E-state index is 0.265. The summed E-state index contributed by atoms with van der Waals surface area (Å²) < 4.78 is 12.9. The average Bonchev–Trinajstić information content (AvgIpc) is 3.50. The second-order valence-corrected chi connectivity index (χ2v) is 10.2. The fourth-order valence-electron chi connectivity index (χ4n) is 4.52. The molecule has 7 nitrogen and oxygen atoms in total. The van der Waals surface area contributed by atoms with Crippen LogP contribution in [0.5, 0.6) is 0 Å². The van der Waals surface area contributed by atoms with Gasteiger partial charge >= 0.3 is 11.9 Å². The maximum atomic E-state index is 12.3. The summed E-state index contributed by atoms with van der Waals surface area (Å²) in [4.78, 5) is 34.0. The summed E-state index contributed by atoms with van der Waals surface area (Å²) in [5.74, 6) is -1.06. The van der Waals surface area contributed by atoms with Crippen molar-refractivity contribution in [2.24, 2.45) is 4.99 Å². The molecule has 0 N–H and O–H groups in total. The first kappa shape index (κ1) is 26.1. The number of rotatable bonds is 6. The molecule has 0 fully saturated rings. The van der Waals surface area contributed by atoms with E-state index in [1.807, 2.05) is 55.0 Å².